The first-order valence-corrected chi connectivity index (χ1v) is 9.52. The van der Waals surface area contributed by atoms with Crippen molar-refractivity contribution in [3.05, 3.63) is 32.8 Å². The second-order valence-electron chi connectivity index (χ2n) is 5.81. The Kier molecular flexibility index (Phi) is 7.69. The maximum atomic E-state index is 13.0. The minimum Gasteiger partial charge on any atom is -0.448 e. The molecule has 1 fully saturated rings. The lowest BCUT2D eigenvalue weighted by molar-refractivity contribution is -0.145. The molecule has 9 heteroatoms. The third-order valence-corrected chi connectivity index (χ3v) is 5.08. The van der Waals surface area contributed by atoms with Crippen molar-refractivity contribution >= 4 is 39.5 Å². The Balaban J connectivity index is 2.23. The molecule has 0 atom stereocenters. The first kappa shape index (κ1) is 21.0. The van der Waals surface area contributed by atoms with Crippen LogP contribution >= 0.6 is 27.5 Å². The second-order valence-corrected chi connectivity index (χ2v) is 7.10. The molecule has 0 radical (unpaired) electrons. The molecule has 2 amide bonds. The van der Waals surface area contributed by atoms with Gasteiger partial charge in [0.05, 0.1) is 33.2 Å². The van der Waals surface area contributed by atoms with Crippen LogP contribution in [0.3, 0.4) is 0 Å². The van der Waals surface area contributed by atoms with Crippen LogP contribution in [0.5, 0.6) is 0 Å². The summed E-state index contributed by atoms with van der Waals surface area (Å²) in [6.07, 6.45) is -0.391. The van der Waals surface area contributed by atoms with Crippen LogP contribution in [-0.4, -0.2) is 67.0 Å². The summed E-state index contributed by atoms with van der Waals surface area (Å²) in [5.41, 5.74) is 1.75. The van der Waals surface area contributed by atoms with Gasteiger partial charge in [-0.1, -0.05) is 27.5 Å². The number of ether oxygens (including phenoxy) is 1. The predicted octanol–water partition coefficient (Wildman–Crippen LogP) is 3.03. The molecule has 0 spiro atoms. The van der Waals surface area contributed by atoms with Crippen molar-refractivity contribution in [2.75, 3.05) is 39.9 Å². The van der Waals surface area contributed by atoms with E-state index >= 15 is 0 Å². The SMILES string of the molecule is CCOC(=O)N1CCN(OC)CCN1C(=O)Cc1c(C)cc(Cl)cc1Br. The van der Waals surface area contributed by atoms with Gasteiger partial charge in [0.15, 0.2) is 0 Å². The van der Waals surface area contributed by atoms with E-state index in [1.807, 2.05) is 13.0 Å². The van der Waals surface area contributed by atoms with Gasteiger partial charge in [0, 0.05) is 22.6 Å². The number of aryl methyl sites for hydroxylation is 1. The van der Waals surface area contributed by atoms with Gasteiger partial charge in [0.25, 0.3) is 0 Å². The highest BCUT2D eigenvalue weighted by Gasteiger charge is 2.31. The van der Waals surface area contributed by atoms with Crippen molar-refractivity contribution in [2.24, 2.45) is 0 Å². The number of hydroxylamine groups is 2. The highest BCUT2D eigenvalue weighted by molar-refractivity contribution is 9.10. The quantitative estimate of drug-likeness (QED) is 0.708. The zero-order valence-electron chi connectivity index (χ0n) is 15.1. The summed E-state index contributed by atoms with van der Waals surface area (Å²) in [5.74, 6) is -0.192. The van der Waals surface area contributed by atoms with Crippen LogP contribution in [0.15, 0.2) is 16.6 Å². The second kappa shape index (κ2) is 9.55. The topological polar surface area (TPSA) is 62.3 Å². The number of carbonyl (C=O) groups is 2. The molecule has 0 aromatic heterocycles. The summed E-state index contributed by atoms with van der Waals surface area (Å²) in [5, 5.41) is 5.11. The summed E-state index contributed by atoms with van der Waals surface area (Å²) >= 11 is 9.51. The van der Waals surface area contributed by atoms with Crippen molar-refractivity contribution in [1.29, 1.82) is 0 Å². The van der Waals surface area contributed by atoms with Crippen LogP contribution in [0.4, 0.5) is 4.79 Å². The van der Waals surface area contributed by atoms with Crippen LogP contribution < -0.4 is 0 Å². The number of hydrogen-bond donors (Lipinski definition) is 0. The van der Waals surface area contributed by atoms with Crippen molar-refractivity contribution in [3.8, 4) is 0 Å². The summed E-state index contributed by atoms with van der Waals surface area (Å²) in [4.78, 5) is 30.6. The molecular weight excluding hydrogens is 426 g/mol. The number of rotatable bonds is 4. The zero-order chi connectivity index (χ0) is 19.3. The Hall–Kier alpha value is -1.35. The summed E-state index contributed by atoms with van der Waals surface area (Å²) in [6, 6.07) is 3.57. The fourth-order valence-electron chi connectivity index (χ4n) is 2.79. The lowest BCUT2D eigenvalue weighted by Gasteiger charge is -2.32. The van der Waals surface area contributed by atoms with Gasteiger partial charge in [0.2, 0.25) is 5.91 Å². The van der Waals surface area contributed by atoms with Gasteiger partial charge in [-0.15, -0.1) is 0 Å². The number of nitrogens with zero attached hydrogens (tertiary/aromatic N) is 3. The van der Waals surface area contributed by atoms with Gasteiger partial charge in [-0.3, -0.25) is 4.79 Å². The molecule has 0 N–H and O–H groups in total. The third kappa shape index (κ3) is 5.09. The largest absolute Gasteiger partial charge is 0.448 e. The lowest BCUT2D eigenvalue weighted by atomic mass is 10.1. The monoisotopic (exact) mass is 447 g/mol. The molecule has 1 aliphatic heterocycles. The van der Waals surface area contributed by atoms with E-state index in [9.17, 15) is 9.59 Å². The van der Waals surface area contributed by atoms with E-state index in [2.05, 4.69) is 15.9 Å². The molecule has 1 saturated heterocycles. The molecule has 1 aliphatic rings. The predicted molar refractivity (Wildman–Crippen MR) is 102 cm³/mol. The van der Waals surface area contributed by atoms with E-state index in [4.69, 9.17) is 21.2 Å². The Labute approximate surface area is 166 Å². The van der Waals surface area contributed by atoms with Crippen molar-refractivity contribution < 1.29 is 19.2 Å². The van der Waals surface area contributed by atoms with Gasteiger partial charge in [-0.25, -0.2) is 14.8 Å². The number of benzene rings is 1. The van der Waals surface area contributed by atoms with Crippen molar-refractivity contribution in [1.82, 2.24) is 15.1 Å². The van der Waals surface area contributed by atoms with Gasteiger partial charge in [-0.05, 0) is 37.1 Å². The number of hydrogen-bond acceptors (Lipinski definition) is 5. The minimum absolute atomic E-state index is 0.145. The minimum atomic E-state index is -0.536. The number of carbonyl (C=O) groups excluding carboxylic acids is 2. The van der Waals surface area contributed by atoms with E-state index in [1.165, 1.54) is 10.0 Å². The van der Waals surface area contributed by atoms with Crippen LogP contribution in [0.2, 0.25) is 5.02 Å². The molecule has 7 nitrogen and oxygen atoms in total. The van der Waals surface area contributed by atoms with E-state index in [0.29, 0.717) is 31.2 Å². The number of hydrazine groups is 1. The lowest BCUT2D eigenvalue weighted by Crippen LogP contribution is -2.51. The van der Waals surface area contributed by atoms with Gasteiger partial charge >= 0.3 is 6.09 Å². The molecule has 0 unspecified atom stereocenters. The maximum Gasteiger partial charge on any atom is 0.428 e. The van der Waals surface area contributed by atoms with E-state index in [1.54, 1.807) is 25.2 Å². The van der Waals surface area contributed by atoms with Crippen LogP contribution in [-0.2, 0) is 20.8 Å². The Bertz CT molecular complexity index is 650. The van der Waals surface area contributed by atoms with Crippen LogP contribution in [0, 0.1) is 6.92 Å². The number of halogens is 2. The maximum absolute atomic E-state index is 13.0. The molecular formula is C17H23BrClN3O4. The molecule has 2 rings (SSSR count). The van der Waals surface area contributed by atoms with Crippen molar-refractivity contribution in [3.63, 3.8) is 0 Å². The Morgan fingerprint density at radius 1 is 1.19 bits per heavy atom. The Morgan fingerprint density at radius 3 is 2.42 bits per heavy atom. The van der Waals surface area contributed by atoms with Crippen molar-refractivity contribution in [2.45, 2.75) is 20.3 Å². The summed E-state index contributed by atoms with van der Waals surface area (Å²) in [7, 11) is 1.57. The molecule has 0 bridgehead atoms. The normalized spacial score (nSPS) is 15.7. The van der Waals surface area contributed by atoms with E-state index in [0.717, 1.165) is 15.6 Å². The average Bonchev–Trinajstić information content (AvgIpc) is 2.80. The first-order valence-electron chi connectivity index (χ1n) is 8.35. The van der Waals surface area contributed by atoms with Crippen LogP contribution in [0.1, 0.15) is 18.1 Å². The highest BCUT2D eigenvalue weighted by atomic mass is 79.9. The number of amides is 2. The third-order valence-electron chi connectivity index (χ3n) is 4.15. The smallest absolute Gasteiger partial charge is 0.428 e. The zero-order valence-corrected chi connectivity index (χ0v) is 17.5. The first-order chi connectivity index (χ1) is 12.4. The van der Waals surface area contributed by atoms with E-state index in [-0.39, 0.29) is 18.9 Å². The van der Waals surface area contributed by atoms with E-state index < -0.39 is 6.09 Å². The molecule has 26 heavy (non-hydrogen) atoms. The molecule has 1 aromatic rings. The standard InChI is InChI=1S/C17H23BrClN3O4/c1-4-26-17(24)22-8-6-20(25-3)5-7-21(22)16(23)11-14-12(2)9-13(19)10-15(14)18/h9-10H,4-8,11H2,1-3H3. The van der Waals surface area contributed by atoms with Gasteiger partial charge < -0.3 is 9.57 Å². The molecule has 0 saturated carbocycles. The fraction of sp³-hybridized carbons (Fsp3) is 0.529. The van der Waals surface area contributed by atoms with Gasteiger partial charge in [-0.2, -0.15) is 5.06 Å². The average molecular weight is 449 g/mol. The molecule has 0 aliphatic carbocycles. The summed E-state index contributed by atoms with van der Waals surface area (Å²) < 4.78 is 5.88. The van der Waals surface area contributed by atoms with Gasteiger partial charge in [0.1, 0.15) is 0 Å². The molecule has 1 aromatic carbocycles. The molecule has 1 heterocycles. The Morgan fingerprint density at radius 2 is 1.85 bits per heavy atom. The summed E-state index contributed by atoms with van der Waals surface area (Å²) in [6.45, 7) is 5.50. The molecule has 144 valence electrons. The fourth-order valence-corrected chi connectivity index (χ4v) is 3.90. The highest BCUT2D eigenvalue weighted by Crippen LogP contribution is 2.26. The van der Waals surface area contributed by atoms with Crippen LogP contribution in [0.25, 0.3) is 0 Å².